The van der Waals surface area contributed by atoms with Crippen molar-refractivity contribution < 1.29 is 9.84 Å². The van der Waals surface area contributed by atoms with E-state index in [0.29, 0.717) is 5.92 Å². The molecule has 100 valence electrons. The molecule has 0 saturated carbocycles. The number of rotatable bonds is 4. The Labute approximate surface area is 109 Å². The SMILES string of the molecule is CC(C)c1ccc(C2CN(CCO)CCO2)cc1. The van der Waals surface area contributed by atoms with Gasteiger partial charge in [-0.2, -0.15) is 0 Å². The summed E-state index contributed by atoms with van der Waals surface area (Å²) in [5, 5.41) is 8.99. The number of hydrogen-bond acceptors (Lipinski definition) is 3. The van der Waals surface area contributed by atoms with E-state index in [-0.39, 0.29) is 12.7 Å². The van der Waals surface area contributed by atoms with Crippen LogP contribution in [0.4, 0.5) is 0 Å². The van der Waals surface area contributed by atoms with Crippen molar-refractivity contribution in [3.05, 3.63) is 35.4 Å². The number of aliphatic hydroxyl groups is 1. The zero-order valence-electron chi connectivity index (χ0n) is 11.3. The summed E-state index contributed by atoms with van der Waals surface area (Å²) in [6, 6.07) is 8.72. The van der Waals surface area contributed by atoms with Gasteiger partial charge in [0.15, 0.2) is 0 Å². The molecular formula is C15H23NO2. The summed E-state index contributed by atoms with van der Waals surface area (Å²) in [5.41, 5.74) is 2.60. The average Bonchev–Trinajstić information content (AvgIpc) is 2.39. The monoisotopic (exact) mass is 249 g/mol. The first-order valence-corrected chi connectivity index (χ1v) is 6.75. The second-order valence-corrected chi connectivity index (χ2v) is 5.21. The van der Waals surface area contributed by atoms with E-state index in [1.807, 2.05) is 0 Å². The smallest absolute Gasteiger partial charge is 0.0952 e. The largest absolute Gasteiger partial charge is 0.395 e. The van der Waals surface area contributed by atoms with Gasteiger partial charge in [0.25, 0.3) is 0 Å². The van der Waals surface area contributed by atoms with E-state index in [1.54, 1.807) is 0 Å². The van der Waals surface area contributed by atoms with Crippen molar-refractivity contribution in [2.45, 2.75) is 25.9 Å². The van der Waals surface area contributed by atoms with Crippen LogP contribution in [0.25, 0.3) is 0 Å². The third kappa shape index (κ3) is 3.31. The normalized spacial score (nSPS) is 21.4. The van der Waals surface area contributed by atoms with Gasteiger partial charge in [0.1, 0.15) is 0 Å². The summed E-state index contributed by atoms with van der Waals surface area (Å²) < 4.78 is 5.82. The molecule has 18 heavy (non-hydrogen) atoms. The fraction of sp³-hybridized carbons (Fsp3) is 0.600. The third-order valence-electron chi connectivity index (χ3n) is 3.54. The van der Waals surface area contributed by atoms with Gasteiger partial charge in [-0.25, -0.2) is 0 Å². The molecule has 1 atom stereocenters. The maximum Gasteiger partial charge on any atom is 0.0952 e. The highest BCUT2D eigenvalue weighted by molar-refractivity contribution is 5.26. The fourth-order valence-corrected chi connectivity index (χ4v) is 2.34. The summed E-state index contributed by atoms with van der Waals surface area (Å²) in [5.74, 6) is 0.567. The summed E-state index contributed by atoms with van der Waals surface area (Å²) in [6.45, 7) is 7.91. The first-order valence-electron chi connectivity index (χ1n) is 6.75. The number of nitrogens with zero attached hydrogens (tertiary/aromatic N) is 1. The van der Waals surface area contributed by atoms with Crippen molar-refractivity contribution in [2.75, 3.05) is 32.8 Å². The van der Waals surface area contributed by atoms with Crippen molar-refractivity contribution in [1.82, 2.24) is 4.90 Å². The van der Waals surface area contributed by atoms with E-state index in [0.717, 1.165) is 26.2 Å². The van der Waals surface area contributed by atoms with Crippen molar-refractivity contribution >= 4 is 0 Å². The molecule has 1 aliphatic heterocycles. The van der Waals surface area contributed by atoms with Gasteiger partial charge in [-0.05, 0) is 17.0 Å². The summed E-state index contributed by atoms with van der Waals surface area (Å²) >= 11 is 0. The molecule has 0 amide bonds. The Morgan fingerprint density at radius 1 is 1.33 bits per heavy atom. The molecule has 0 radical (unpaired) electrons. The van der Waals surface area contributed by atoms with Crippen molar-refractivity contribution in [1.29, 1.82) is 0 Å². The van der Waals surface area contributed by atoms with Crippen molar-refractivity contribution in [3.63, 3.8) is 0 Å². The minimum Gasteiger partial charge on any atom is -0.395 e. The molecule has 2 rings (SSSR count). The molecule has 1 heterocycles. The van der Waals surface area contributed by atoms with Crippen LogP contribution in [0.15, 0.2) is 24.3 Å². The fourth-order valence-electron chi connectivity index (χ4n) is 2.34. The van der Waals surface area contributed by atoms with Crippen LogP contribution in [-0.4, -0.2) is 42.9 Å². The summed E-state index contributed by atoms with van der Waals surface area (Å²) in [4.78, 5) is 2.25. The van der Waals surface area contributed by atoms with Crippen molar-refractivity contribution in [2.24, 2.45) is 0 Å². The third-order valence-corrected chi connectivity index (χ3v) is 3.54. The highest BCUT2D eigenvalue weighted by Crippen LogP contribution is 2.24. The van der Waals surface area contributed by atoms with Gasteiger partial charge in [-0.15, -0.1) is 0 Å². The van der Waals surface area contributed by atoms with Gasteiger partial charge in [-0.1, -0.05) is 38.1 Å². The van der Waals surface area contributed by atoms with Crippen LogP contribution in [-0.2, 0) is 4.74 Å². The maximum absolute atomic E-state index is 8.99. The average molecular weight is 249 g/mol. The molecule has 1 fully saturated rings. The van der Waals surface area contributed by atoms with E-state index in [2.05, 4.69) is 43.0 Å². The Morgan fingerprint density at radius 3 is 2.67 bits per heavy atom. The molecule has 3 nitrogen and oxygen atoms in total. The molecule has 1 unspecified atom stereocenters. The van der Waals surface area contributed by atoms with Gasteiger partial charge in [-0.3, -0.25) is 4.90 Å². The van der Waals surface area contributed by atoms with Crippen LogP contribution in [0.2, 0.25) is 0 Å². The predicted molar refractivity (Wildman–Crippen MR) is 72.7 cm³/mol. The van der Waals surface area contributed by atoms with Gasteiger partial charge >= 0.3 is 0 Å². The molecular weight excluding hydrogens is 226 g/mol. The predicted octanol–water partition coefficient (Wildman–Crippen LogP) is 2.18. The minimum absolute atomic E-state index is 0.145. The van der Waals surface area contributed by atoms with Crippen LogP contribution >= 0.6 is 0 Å². The number of ether oxygens (including phenoxy) is 1. The van der Waals surface area contributed by atoms with Gasteiger partial charge < -0.3 is 9.84 Å². The molecule has 3 heteroatoms. The first-order chi connectivity index (χ1) is 8.70. The van der Waals surface area contributed by atoms with Crippen LogP contribution in [0.5, 0.6) is 0 Å². The van der Waals surface area contributed by atoms with Crippen LogP contribution in [0, 0.1) is 0 Å². The highest BCUT2D eigenvalue weighted by Gasteiger charge is 2.21. The topological polar surface area (TPSA) is 32.7 Å². The molecule has 0 bridgehead atoms. The van der Waals surface area contributed by atoms with E-state index in [9.17, 15) is 0 Å². The Kier molecular flexibility index (Phi) is 4.75. The lowest BCUT2D eigenvalue weighted by Gasteiger charge is -2.32. The second kappa shape index (κ2) is 6.32. The number of benzene rings is 1. The van der Waals surface area contributed by atoms with Crippen LogP contribution < -0.4 is 0 Å². The lowest BCUT2D eigenvalue weighted by molar-refractivity contribution is -0.0337. The van der Waals surface area contributed by atoms with E-state index < -0.39 is 0 Å². The number of hydrogen-bond donors (Lipinski definition) is 1. The number of β-amino-alcohol motifs (C(OH)–C–C–N with tert-alkyl or cyclic N) is 1. The molecule has 1 N–H and O–H groups in total. The van der Waals surface area contributed by atoms with Gasteiger partial charge in [0, 0.05) is 19.6 Å². The zero-order chi connectivity index (χ0) is 13.0. The Hall–Kier alpha value is -0.900. The molecule has 1 aromatic rings. The Bertz CT molecular complexity index is 359. The number of aliphatic hydroxyl groups excluding tert-OH is 1. The standard InChI is InChI=1S/C15H23NO2/c1-12(2)13-3-5-14(6-4-13)15-11-16(7-9-17)8-10-18-15/h3-6,12,15,17H,7-11H2,1-2H3. The molecule has 0 spiro atoms. The van der Waals surface area contributed by atoms with E-state index in [1.165, 1.54) is 11.1 Å². The van der Waals surface area contributed by atoms with Crippen LogP contribution in [0.1, 0.15) is 37.0 Å². The summed E-state index contributed by atoms with van der Waals surface area (Å²) in [6.07, 6.45) is 0.145. The Morgan fingerprint density at radius 2 is 2.06 bits per heavy atom. The lowest BCUT2D eigenvalue weighted by atomic mass is 9.99. The molecule has 0 aliphatic carbocycles. The molecule has 1 aliphatic rings. The molecule has 1 saturated heterocycles. The Balaban J connectivity index is 2.02. The maximum atomic E-state index is 8.99. The van der Waals surface area contributed by atoms with Crippen molar-refractivity contribution in [3.8, 4) is 0 Å². The van der Waals surface area contributed by atoms with Crippen LogP contribution in [0.3, 0.4) is 0 Å². The summed E-state index contributed by atoms with van der Waals surface area (Å²) in [7, 11) is 0. The van der Waals surface area contributed by atoms with E-state index >= 15 is 0 Å². The lowest BCUT2D eigenvalue weighted by Crippen LogP contribution is -2.39. The van der Waals surface area contributed by atoms with Gasteiger partial charge in [0.2, 0.25) is 0 Å². The number of morpholine rings is 1. The zero-order valence-corrected chi connectivity index (χ0v) is 11.3. The minimum atomic E-state index is 0.145. The van der Waals surface area contributed by atoms with E-state index in [4.69, 9.17) is 9.84 Å². The molecule has 1 aromatic carbocycles. The highest BCUT2D eigenvalue weighted by atomic mass is 16.5. The second-order valence-electron chi connectivity index (χ2n) is 5.21. The van der Waals surface area contributed by atoms with Gasteiger partial charge in [0.05, 0.1) is 19.3 Å². The quantitative estimate of drug-likeness (QED) is 0.887. The first kappa shape index (κ1) is 13.5. The molecule has 0 aromatic heterocycles.